The number of aryl methyl sites for hydroxylation is 1. The van der Waals surface area contributed by atoms with Crippen molar-refractivity contribution >= 4 is 5.91 Å². The molecule has 1 aliphatic rings. The van der Waals surface area contributed by atoms with Crippen LogP contribution in [0.4, 0.5) is 13.2 Å². The highest BCUT2D eigenvalue weighted by Crippen LogP contribution is 2.39. The van der Waals surface area contributed by atoms with Gasteiger partial charge in [0.15, 0.2) is 0 Å². The van der Waals surface area contributed by atoms with Crippen LogP contribution in [0, 0.1) is 0 Å². The van der Waals surface area contributed by atoms with Gasteiger partial charge in [0.2, 0.25) is 0 Å². The van der Waals surface area contributed by atoms with Gasteiger partial charge >= 0.3 is 6.18 Å². The van der Waals surface area contributed by atoms with E-state index in [0.717, 1.165) is 24.7 Å². The molecule has 0 unspecified atom stereocenters. The van der Waals surface area contributed by atoms with Crippen molar-refractivity contribution in [3.05, 3.63) is 47.0 Å². The van der Waals surface area contributed by atoms with Gasteiger partial charge in [0.05, 0.1) is 5.56 Å². The molecular weight excluding hydrogens is 309 g/mol. The van der Waals surface area contributed by atoms with Crippen LogP contribution in [0.1, 0.15) is 46.1 Å². The first kappa shape index (κ1) is 15.5. The largest absolute Gasteiger partial charge is 0.418 e. The van der Waals surface area contributed by atoms with E-state index in [9.17, 15) is 18.0 Å². The van der Waals surface area contributed by atoms with Gasteiger partial charge in [-0.15, -0.1) is 0 Å². The molecule has 1 saturated carbocycles. The first-order valence-electron chi connectivity index (χ1n) is 7.18. The Labute approximate surface area is 130 Å². The Balaban J connectivity index is 1.71. The minimum absolute atomic E-state index is 0.0285. The van der Waals surface area contributed by atoms with Crippen LogP contribution in [0.15, 0.2) is 24.5 Å². The SMILES string of the molecule is Cn1nc(C(=O)NCc2ccncc2C(F)(F)F)cc1C1CC1. The molecule has 2 aromatic rings. The summed E-state index contributed by atoms with van der Waals surface area (Å²) in [5, 5.41) is 6.61. The van der Waals surface area contributed by atoms with Gasteiger partial charge in [-0.3, -0.25) is 14.5 Å². The predicted molar refractivity (Wildman–Crippen MR) is 75.6 cm³/mol. The zero-order valence-electron chi connectivity index (χ0n) is 12.4. The molecule has 8 heteroatoms. The van der Waals surface area contributed by atoms with E-state index in [4.69, 9.17) is 0 Å². The molecule has 122 valence electrons. The highest BCUT2D eigenvalue weighted by atomic mass is 19.4. The van der Waals surface area contributed by atoms with Gasteiger partial charge in [0, 0.05) is 37.6 Å². The molecule has 0 atom stereocenters. The number of amides is 1. The van der Waals surface area contributed by atoms with Crippen LogP contribution < -0.4 is 5.32 Å². The van der Waals surface area contributed by atoms with E-state index in [1.54, 1.807) is 17.8 Å². The molecule has 2 heterocycles. The Morgan fingerprint density at radius 3 is 2.83 bits per heavy atom. The van der Waals surface area contributed by atoms with Gasteiger partial charge < -0.3 is 5.32 Å². The fourth-order valence-corrected chi connectivity index (χ4v) is 2.45. The maximum absolute atomic E-state index is 12.9. The number of hydrogen-bond acceptors (Lipinski definition) is 3. The molecule has 0 radical (unpaired) electrons. The molecule has 1 aliphatic carbocycles. The normalized spacial score (nSPS) is 14.8. The van der Waals surface area contributed by atoms with E-state index in [-0.39, 0.29) is 17.8 Å². The number of halogens is 3. The topological polar surface area (TPSA) is 59.8 Å². The molecule has 0 bridgehead atoms. The number of aromatic nitrogens is 3. The highest BCUT2D eigenvalue weighted by Gasteiger charge is 2.33. The third-order valence-electron chi connectivity index (χ3n) is 3.80. The number of hydrogen-bond donors (Lipinski definition) is 1. The number of carbonyl (C=O) groups excluding carboxylic acids is 1. The molecule has 0 spiro atoms. The zero-order chi connectivity index (χ0) is 16.6. The van der Waals surface area contributed by atoms with Gasteiger partial charge in [0.1, 0.15) is 5.69 Å². The van der Waals surface area contributed by atoms with Crippen LogP contribution in [-0.2, 0) is 19.8 Å². The summed E-state index contributed by atoms with van der Waals surface area (Å²) in [7, 11) is 1.76. The molecule has 2 aromatic heterocycles. The van der Waals surface area contributed by atoms with E-state index < -0.39 is 17.6 Å². The summed E-state index contributed by atoms with van der Waals surface area (Å²) in [6, 6.07) is 2.95. The maximum atomic E-state index is 12.9. The molecular formula is C15H15F3N4O. The molecule has 5 nitrogen and oxygen atoms in total. The summed E-state index contributed by atoms with van der Waals surface area (Å²) in [6.07, 6.45) is -0.326. The fraction of sp³-hybridized carbons (Fsp3) is 0.400. The number of rotatable bonds is 4. The lowest BCUT2D eigenvalue weighted by Gasteiger charge is -2.12. The minimum Gasteiger partial charge on any atom is -0.347 e. The molecule has 3 rings (SSSR count). The molecule has 1 amide bonds. The standard InChI is InChI=1S/C15H15F3N4O/c1-22-13(9-2-3-9)6-12(21-22)14(23)20-7-10-4-5-19-8-11(10)15(16,17)18/h4-6,8-9H,2-3,7H2,1H3,(H,20,23). The van der Waals surface area contributed by atoms with Crippen molar-refractivity contribution in [2.24, 2.45) is 7.05 Å². The van der Waals surface area contributed by atoms with Gasteiger partial charge in [-0.25, -0.2) is 0 Å². The average molecular weight is 324 g/mol. The molecule has 1 N–H and O–H groups in total. The quantitative estimate of drug-likeness (QED) is 0.940. The summed E-state index contributed by atoms with van der Waals surface area (Å²) >= 11 is 0. The van der Waals surface area contributed by atoms with Gasteiger partial charge in [-0.2, -0.15) is 18.3 Å². The number of carbonyl (C=O) groups is 1. The van der Waals surface area contributed by atoms with Gasteiger partial charge in [-0.05, 0) is 30.5 Å². The fourth-order valence-electron chi connectivity index (χ4n) is 2.45. The van der Waals surface area contributed by atoms with E-state index in [1.807, 2.05) is 0 Å². The summed E-state index contributed by atoms with van der Waals surface area (Å²) in [6.45, 7) is -0.231. The summed E-state index contributed by atoms with van der Waals surface area (Å²) < 4.78 is 40.3. The van der Waals surface area contributed by atoms with Crippen LogP contribution in [0.25, 0.3) is 0 Å². The maximum Gasteiger partial charge on any atom is 0.418 e. The molecule has 23 heavy (non-hydrogen) atoms. The van der Waals surface area contributed by atoms with Gasteiger partial charge in [-0.1, -0.05) is 0 Å². The Hall–Kier alpha value is -2.38. The summed E-state index contributed by atoms with van der Waals surface area (Å²) in [5.41, 5.74) is 0.325. The van der Waals surface area contributed by atoms with Crippen LogP contribution in [0.3, 0.4) is 0 Å². The number of nitrogens with zero attached hydrogens (tertiary/aromatic N) is 3. The van der Waals surface area contributed by atoms with Crippen LogP contribution in [0.2, 0.25) is 0 Å². The van der Waals surface area contributed by atoms with Crippen LogP contribution in [-0.4, -0.2) is 20.7 Å². The van der Waals surface area contributed by atoms with Crippen molar-refractivity contribution < 1.29 is 18.0 Å². The second-order valence-electron chi connectivity index (χ2n) is 5.57. The Morgan fingerprint density at radius 2 is 2.17 bits per heavy atom. The first-order chi connectivity index (χ1) is 10.9. The Bertz CT molecular complexity index is 735. The van der Waals surface area contributed by atoms with Crippen molar-refractivity contribution in [1.29, 1.82) is 0 Å². The van der Waals surface area contributed by atoms with Crippen molar-refractivity contribution in [2.45, 2.75) is 31.5 Å². The van der Waals surface area contributed by atoms with E-state index in [1.165, 1.54) is 12.3 Å². The van der Waals surface area contributed by atoms with Crippen LogP contribution >= 0.6 is 0 Å². The Kier molecular flexibility index (Phi) is 3.83. The average Bonchev–Trinajstić information content (AvgIpc) is 3.26. The highest BCUT2D eigenvalue weighted by molar-refractivity contribution is 5.92. The van der Waals surface area contributed by atoms with Crippen molar-refractivity contribution in [3.63, 3.8) is 0 Å². The Morgan fingerprint density at radius 1 is 1.43 bits per heavy atom. The summed E-state index contributed by atoms with van der Waals surface area (Å²) in [5.74, 6) is -0.0523. The van der Waals surface area contributed by atoms with Crippen molar-refractivity contribution in [1.82, 2.24) is 20.1 Å². The number of alkyl halides is 3. The second-order valence-corrected chi connectivity index (χ2v) is 5.57. The smallest absolute Gasteiger partial charge is 0.347 e. The molecule has 1 fully saturated rings. The number of pyridine rings is 1. The third kappa shape index (κ3) is 3.35. The monoisotopic (exact) mass is 324 g/mol. The third-order valence-corrected chi connectivity index (χ3v) is 3.80. The zero-order valence-corrected chi connectivity index (χ0v) is 12.4. The van der Waals surface area contributed by atoms with E-state index in [2.05, 4.69) is 15.4 Å². The molecule has 0 saturated heterocycles. The summed E-state index contributed by atoms with van der Waals surface area (Å²) in [4.78, 5) is 15.6. The lowest BCUT2D eigenvalue weighted by Crippen LogP contribution is -2.25. The lowest BCUT2D eigenvalue weighted by molar-refractivity contribution is -0.138. The first-order valence-corrected chi connectivity index (χ1v) is 7.18. The van der Waals surface area contributed by atoms with Crippen molar-refractivity contribution in [2.75, 3.05) is 0 Å². The van der Waals surface area contributed by atoms with E-state index >= 15 is 0 Å². The molecule has 0 aromatic carbocycles. The predicted octanol–water partition coefficient (Wildman–Crippen LogP) is 2.64. The van der Waals surface area contributed by atoms with Crippen LogP contribution in [0.5, 0.6) is 0 Å². The van der Waals surface area contributed by atoms with Crippen molar-refractivity contribution in [3.8, 4) is 0 Å². The lowest BCUT2D eigenvalue weighted by atomic mass is 10.1. The number of nitrogens with one attached hydrogen (secondary N) is 1. The van der Waals surface area contributed by atoms with E-state index in [0.29, 0.717) is 5.92 Å². The van der Waals surface area contributed by atoms with Gasteiger partial charge in [0.25, 0.3) is 5.91 Å². The second kappa shape index (κ2) is 5.68. The minimum atomic E-state index is -4.50. The molecule has 0 aliphatic heterocycles.